The second-order valence-electron chi connectivity index (χ2n) is 4.61. The summed E-state index contributed by atoms with van der Waals surface area (Å²) >= 11 is 6.58. The lowest BCUT2D eigenvalue weighted by Crippen LogP contribution is -2.15. The van der Waals surface area contributed by atoms with E-state index in [0.717, 1.165) is 26.0 Å². The second-order valence-corrected chi connectivity index (χ2v) is 7.65. The number of benzene rings is 2. The van der Waals surface area contributed by atoms with Crippen molar-refractivity contribution < 1.29 is 4.79 Å². The van der Waals surface area contributed by atoms with Crippen LogP contribution in [0.1, 0.15) is 5.56 Å². The number of hydrogen-bond acceptors (Lipinski definition) is 4. The predicted octanol–water partition coefficient (Wildman–Crippen LogP) is 5.06. The molecule has 0 fully saturated rings. The molecule has 1 N–H and O–H groups in total. The van der Waals surface area contributed by atoms with Crippen molar-refractivity contribution in [3.63, 3.8) is 0 Å². The van der Waals surface area contributed by atoms with Crippen LogP contribution in [0.3, 0.4) is 0 Å². The van der Waals surface area contributed by atoms with Crippen molar-refractivity contribution in [1.29, 1.82) is 0 Å². The largest absolute Gasteiger partial charge is 0.324 e. The van der Waals surface area contributed by atoms with Gasteiger partial charge in [0.15, 0.2) is 0 Å². The van der Waals surface area contributed by atoms with Gasteiger partial charge in [0.05, 0.1) is 17.1 Å². The van der Waals surface area contributed by atoms with E-state index in [-0.39, 0.29) is 5.91 Å². The minimum Gasteiger partial charge on any atom is -0.324 e. The number of para-hydroxylation sites is 2. The standard InChI is InChI=1S/C16H13BrN2OS2/c17-12-6-2-4-8-14(12)18-15(20)10-22-16-19-13-7-3-1-5-11(13)9-21-16/h1-8H,9-10H2,(H,18,20). The number of aliphatic imine (C=N–C) groups is 1. The number of thioether (sulfide) groups is 2. The Morgan fingerprint density at radius 2 is 2.00 bits per heavy atom. The van der Waals surface area contributed by atoms with Crippen LogP contribution in [0, 0.1) is 0 Å². The van der Waals surface area contributed by atoms with E-state index < -0.39 is 0 Å². The zero-order valence-corrected chi connectivity index (χ0v) is 14.8. The summed E-state index contributed by atoms with van der Waals surface area (Å²) in [5.74, 6) is 1.24. The van der Waals surface area contributed by atoms with Gasteiger partial charge in [-0.05, 0) is 39.7 Å². The number of rotatable bonds is 3. The number of halogens is 1. The third-order valence-electron chi connectivity index (χ3n) is 3.03. The van der Waals surface area contributed by atoms with Crippen LogP contribution in [0.25, 0.3) is 0 Å². The van der Waals surface area contributed by atoms with E-state index >= 15 is 0 Å². The minimum absolute atomic E-state index is 0.0286. The third kappa shape index (κ3) is 3.94. The van der Waals surface area contributed by atoms with E-state index in [2.05, 4.69) is 32.3 Å². The van der Waals surface area contributed by atoms with Crippen molar-refractivity contribution in [1.82, 2.24) is 0 Å². The third-order valence-corrected chi connectivity index (χ3v) is 5.97. The molecule has 6 heteroatoms. The summed E-state index contributed by atoms with van der Waals surface area (Å²) in [5.41, 5.74) is 3.04. The average molecular weight is 393 g/mol. The molecule has 3 nitrogen and oxygen atoms in total. The lowest BCUT2D eigenvalue weighted by molar-refractivity contribution is -0.113. The Bertz CT molecular complexity index is 734. The molecule has 0 aromatic heterocycles. The van der Waals surface area contributed by atoms with Crippen LogP contribution >= 0.6 is 39.5 Å². The first-order valence-electron chi connectivity index (χ1n) is 6.69. The molecule has 0 unspecified atom stereocenters. The summed E-state index contributed by atoms with van der Waals surface area (Å²) in [6.07, 6.45) is 0. The molecule has 0 saturated carbocycles. The summed E-state index contributed by atoms with van der Waals surface area (Å²) in [6.45, 7) is 0. The Morgan fingerprint density at radius 1 is 1.23 bits per heavy atom. The summed E-state index contributed by atoms with van der Waals surface area (Å²) < 4.78 is 1.83. The van der Waals surface area contributed by atoms with Gasteiger partial charge in [0.2, 0.25) is 5.91 Å². The van der Waals surface area contributed by atoms with E-state index in [1.54, 1.807) is 11.8 Å². The van der Waals surface area contributed by atoms with Crippen LogP contribution in [0.15, 0.2) is 58.0 Å². The Labute approximate surface area is 146 Å². The van der Waals surface area contributed by atoms with Crippen LogP contribution in [0.5, 0.6) is 0 Å². The van der Waals surface area contributed by atoms with E-state index in [1.807, 2.05) is 42.5 Å². The molecule has 1 heterocycles. The number of nitrogens with zero attached hydrogens (tertiary/aromatic N) is 1. The van der Waals surface area contributed by atoms with Crippen molar-refractivity contribution in [3.05, 3.63) is 58.6 Å². The molecule has 0 saturated heterocycles. The van der Waals surface area contributed by atoms with E-state index in [1.165, 1.54) is 17.3 Å². The molecule has 0 spiro atoms. The fraction of sp³-hybridized carbons (Fsp3) is 0.125. The first-order valence-corrected chi connectivity index (χ1v) is 9.45. The number of fused-ring (bicyclic) bond motifs is 1. The summed E-state index contributed by atoms with van der Waals surface area (Å²) in [5, 5.41) is 2.90. The zero-order valence-electron chi connectivity index (χ0n) is 11.6. The highest BCUT2D eigenvalue weighted by molar-refractivity contribution is 9.10. The molecule has 1 aliphatic heterocycles. The molecule has 3 rings (SSSR count). The number of carbonyl (C=O) groups is 1. The van der Waals surface area contributed by atoms with Crippen LogP contribution < -0.4 is 5.32 Å². The van der Waals surface area contributed by atoms with Gasteiger partial charge in [0.1, 0.15) is 4.38 Å². The highest BCUT2D eigenvalue weighted by Crippen LogP contribution is 2.34. The average Bonchev–Trinajstić information content (AvgIpc) is 2.55. The van der Waals surface area contributed by atoms with Crippen LogP contribution in [-0.2, 0) is 10.5 Å². The Kier molecular flexibility index (Phi) is 5.23. The lowest BCUT2D eigenvalue weighted by Gasteiger charge is -2.14. The fourth-order valence-corrected chi connectivity index (χ4v) is 4.21. The van der Waals surface area contributed by atoms with Crippen molar-refractivity contribution in [3.8, 4) is 0 Å². The monoisotopic (exact) mass is 392 g/mol. The fourth-order valence-electron chi connectivity index (χ4n) is 1.96. The molecular weight excluding hydrogens is 380 g/mol. The molecule has 2 aromatic rings. The quantitative estimate of drug-likeness (QED) is 0.793. The van der Waals surface area contributed by atoms with E-state index in [4.69, 9.17) is 0 Å². The van der Waals surface area contributed by atoms with Crippen molar-refractivity contribution in [2.45, 2.75) is 5.75 Å². The molecule has 22 heavy (non-hydrogen) atoms. The summed E-state index contributed by atoms with van der Waals surface area (Å²) in [6, 6.07) is 15.7. The van der Waals surface area contributed by atoms with Crippen LogP contribution in [0.4, 0.5) is 11.4 Å². The van der Waals surface area contributed by atoms with Crippen molar-refractivity contribution in [2.75, 3.05) is 11.1 Å². The molecule has 0 aliphatic carbocycles. The predicted molar refractivity (Wildman–Crippen MR) is 100 cm³/mol. The van der Waals surface area contributed by atoms with Crippen LogP contribution in [-0.4, -0.2) is 16.0 Å². The van der Waals surface area contributed by atoms with Gasteiger partial charge in [-0.3, -0.25) is 4.79 Å². The summed E-state index contributed by atoms with van der Waals surface area (Å²) in [7, 11) is 0. The number of nitrogens with one attached hydrogen (secondary N) is 1. The Morgan fingerprint density at radius 3 is 2.86 bits per heavy atom. The first kappa shape index (κ1) is 15.6. The first-order chi connectivity index (χ1) is 10.7. The van der Waals surface area contributed by atoms with E-state index in [0.29, 0.717) is 5.75 Å². The molecule has 2 aromatic carbocycles. The number of anilines is 1. The number of amides is 1. The van der Waals surface area contributed by atoms with Crippen molar-refractivity contribution in [2.24, 2.45) is 4.99 Å². The van der Waals surface area contributed by atoms with Gasteiger partial charge in [-0.15, -0.1) is 0 Å². The SMILES string of the molecule is O=C(CSC1=Nc2ccccc2CS1)Nc1ccccc1Br. The van der Waals surface area contributed by atoms with Gasteiger partial charge in [0.25, 0.3) is 0 Å². The molecule has 0 radical (unpaired) electrons. The topological polar surface area (TPSA) is 41.5 Å². The van der Waals surface area contributed by atoms with Crippen molar-refractivity contribution >= 4 is 61.1 Å². The van der Waals surface area contributed by atoms with Gasteiger partial charge in [0, 0.05) is 10.2 Å². The highest BCUT2D eigenvalue weighted by atomic mass is 79.9. The Hall–Kier alpha value is -1.24. The molecule has 1 amide bonds. The zero-order chi connectivity index (χ0) is 15.4. The normalized spacial score (nSPS) is 13.2. The maximum atomic E-state index is 12.0. The van der Waals surface area contributed by atoms with E-state index in [9.17, 15) is 4.79 Å². The molecule has 1 aliphatic rings. The van der Waals surface area contributed by atoms with Gasteiger partial charge in [-0.1, -0.05) is 53.9 Å². The summed E-state index contributed by atoms with van der Waals surface area (Å²) in [4.78, 5) is 16.6. The maximum Gasteiger partial charge on any atom is 0.234 e. The van der Waals surface area contributed by atoms with Gasteiger partial charge in [-0.25, -0.2) is 4.99 Å². The minimum atomic E-state index is -0.0286. The van der Waals surface area contributed by atoms with Crippen LogP contribution in [0.2, 0.25) is 0 Å². The smallest absolute Gasteiger partial charge is 0.234 e. The van der Waals surface area contributed by atoms with Gasteiger partial charge >= 0.3 is 0 Å². The van der Waals surface area contributed by atoms with Gasteiger partial charge in [-0.2, -0.15) is 0 Å². The lowest BCUT2D eigenvalue weighted by atomic mass is 10.2. The number of hydrogen-bond donors (Lipinski definition) is 1. The molecular formula is C16H13BrN2OS2. The maximum absolute atomic E-state index is 12.0. The second kappa shape index (κ2) is 7.35. The Balaban J connectivity index is 1.58. The molecule has 112 valence electrons. The molecule has 0 atom stereocenters. The molecule has 0 bridgehead atoms. The highest BCUT2D eigenvalue weighted by Gasteiger charge is 2.14. The number of carbonyl (C=O) groups excluding carboxylic acids is 1. The van der Waals surface area contributed by atoms with Gasteiger partial charge < -0.3 is 5.32 Å².